The smallest absolute Gasteiger partial charge is 0.410 e. The van der Waals surface area contributed by atoms with E-state index >= 15 is 0 Å². The Morgan fingerprint density at radius 1 is 1.07 bits per heavy atom. The van der Waals surface area contributed by atoms with Crippen LogP contribution in [0.15, 0.2) is 48.5 Å². The molecule has 2 unspecified atom stereocenters. The first-order chi connectivity index (χ1) is 14.0. The molecule has 3 rings (SSSR count). The molecule has 0 radical (unpaired) electrons. The average molecular weight is 397 g/mol. The van der Waals surface area contributed by atoms with Gasteiger partial charge in [0.25, 0.3) is 0 Å². The summed E-state index contributed by atoms with van der Waals surface area (Å²) in [7, 11) is 1.51. The lowest BCUT2D eigenvalue weighted by Crippen LogP contribution is -2.50. The molecule has 6 heteroatoms. The molecule has 2 aromatic rings. The zero-order valence-electron chi connectivity index (χ0n) is 17.0. The van der Waals surface area contributed by atoms with Crippen LogP contribution < -0.4 is 0 Å². The van der Waals surface area contributed by atoms with Crippen LogP contribution in [0.4, 0.5) is 4.79 Å². The fraction of sp³-hybridized carbons (Fsp3) is 0.391. The number of ether oxygens (including phenoxy) is 2. The Morgan fingerprint density at radius 3 is 2.10 bits per heavy atom. The Labute approximate surface area is 171 Å². The van der Waals surface area contributed by atoms with Crippen LogP contribution >= 0.6 is 0 Å². The summed E-state index contributed by atoms with van der Waals surface area (Å²) >= 11 is 0. The Kier molecular flexibility index (Phi) is 6.54. The molecule has 2 atom stereocenters. The number of hydrogen-bond donors (Lipinski definition) is 1. The molecule has 0 heterocycles. The van der Waals surface area contributed by atoms with Crippen LogP contribution in [-0.2, 0) is 14.3 Å². The van der Waals surface area contributed by atoms with Crippen molar-refractivity contribution in [1.82, 2.24) is 4.90 Å². The predicted molar refractivity (Wildman–Crippen MR) is 110 cm³/mol. The van der Waals surface area contributed by atoms with Gasteiger partial charge in [0.2, 0.25) is 0 Å². The Morgan fingerprint density at radius 2 is 1.62 bits per heavy atom. The molecular formula is C23H27NO5. The number of benzene rings is 2. The van der Waals surface area contributed by atoms with Gasteiger partial charge in [-0.2, -0.15) is 0 Å². The van der Waals surface area contributed by atoms with E-state index in [1.165, 1.54) is 12.0 Å². The zero-order chi connectivity index (χ0) is 21.0. The van der Waals surface area contributed by atoms with Crippen molar-refractivity contribution in [2.75, 3.05) is 26.9 Å². The molecule has 0 aliphatic heterocycles. The Balaban J connectivity index is 1.78. The zero-order valence-corrected chi connectivity index (χ0v) is 17.0. The van der Waals surface area contributed by atoms with E-state index in [1.54, 1.807) is 13.8 Å². The van der Waals surface area contributed by atoms with Crippen molar-refractivity contribution < 1.29 is 24.2 Å². The van der Waals surface area contributed by atoms with E-state index in [1.807, 2.05) is 36.4 Å². The summed E-state index contributed by atoms with van der Waals surface area (Å²) in [6.07, 6.45) is -0.621. The first kappa shape index (κ1) is 20.9. The second-order valence-corrected chi connectivity index (χ2v) is 7.31. The van der Waals surface area contributed by atoms with Crippen LogP contribution in [-0.4, -0.2) is 55.0 Å². The number of amides is 1. The third kappa shape index (κ3) is 4.12. The number of carboxylic acids is 1. The fourth-order valence-corrected chi connectivity index (χ4v) is 4.15. The number of aliphatic carboxylic acids is 1. The molecule has 0 bridgehead atoms. The molecule has 1 amide bonds. The molecule has 6 nitrogen and oxygen atoms in total. The van der Waals surface area contributed by atoms with Gasteiger partial charge in [-0.25, -0.2) is 9.59 Å². The van der Waals surface area contributed by atoms with Crippen molar-refractivity contribution in [3.05, 3.63) is 59.7 Å². The molecule has 154 valence electrons. The van der Waals surface area contributed by atoms with Crippen molar-refractivity contribution in [1.29, 1.82) is 0 Å². The van der Waals surface area contributed by atoms with Crippen LogP contribution in [0.1, 0.15) is 30.9 Å². The van der Waals surface area contributed by atoms with Crippen LogP contribution in [0, 0.1) is 5.92 Å². The first-order valence-corrected chi connectivity index (χ1v) is 9.82. The van der Waals surface area contributed by atoms with E-state index in [9.17, 15) is 14.7 Å². The topological polar surface area (TPSA) is 76.1 Å². The number of likely N-dealkylation sites (N-methyl/N-ethyl adjacent to an activating group) is 1. The molecule has 0 saturated heterocycles. The van der Waals surface area contributed by atoms with Gasteiger partial charge in [0.05, 0.1) is 6.61 Å². The molecule has 2 aromatic carbocycles. The van der Waals surface area contributed by atoms with Crippen molar-refractivity contribution in [3.63, 3.8) is 0 Å². The second kappa shape index (κ2) is 9.09. The van der Waals surface area contributed by atoms with Crippen LogP contribution in [0.3, 0.4) is 0 Å². The number of carbonyl (C=O) groups is 2. The van der Waals surface area contributed by atoms with Crippen molar-refractivity contribution >= 4 is 12.1 Å². The van der Waals surface area contributed by atoms with Gasteiger partial charge in [-0.1, -0.05) is 55.5 Å². The highest BCUT2D eigenvalue weighted by molar-refractivity contribution is 5.81. The predicted octanol–water partition coefficient (Wildman–Crippen LogP) is 3.99. The minimum Gasteiger partial charge on any atom is -0.480 e. The fourth-order valence-electron chi connectivity index (χ4n) is 4.15. The molecule has 29 heavy (non-hydrogen) atoms. The van der Waals surface area contributed by atoms with Crippen LogP contribution in [0.25, 0.3) is 11.1 Å². The summed E-state index contributed by atoms with van der Waals surface area (Å²) in [5, 5.41) is 9.66. The summed E-state index contributed by atoms with van der Waals surface area (Å²) in [6, 6.07) is 15.2. The third-order valence-electron chi connectivity index (χ3n) is 5.47. The number of nitrogens with zero attached hydrogens (tertiary/aromatic N) is 1. The Bertz CT molecular complexity index is 836. The van der Waals surface area contributed by atoms with Crippen LogP contribution in [0.2, 0.25) is 0 Å². The van der Waals surface area contributed by atoms with E-state index in [4.69, 9.17) is 9.47 Å². The molecule has 0 aromatic heterocycles. The summed E-state index contributed by atoms with van der Waals surface area (Å²) in [5.41, 5.74) is 4.53. The molecule has 1 N–H and O–H groups in total. The third-order valence-corrected chi connectivity index (χ3v) is 5.47. The average Bonchev–Trinajstić information content (AvgIpc) is 3.03. The van der Waals surface area contributed by atoms with E-state index in [0.29, 0.717) is 0 Å². The number of carboxylic acid groups (broad SMARTS) is 1. The lowest BCUT2D eigenvalue weighted by Gasteiger charge is -2.31. The largest absolute Gasteiger partial charge is 0.480 e. The molecule has 1 aliphatic carbocycles. The lowest BCUT2D eigenvalue weighted by molar-refractivity contribution is -0.145. The molecule has 0 saturated carbocycles. The van der Waals surface area contributed by atoms with Crippen molar-refractivity contribution in [2.45, 2.75) is 25.8 Å². The highest BCUT2D eigenvalue weighted by Gasteiger charge is 2.35. The van der Waals surface area contributed by atoms with E-state index in [2.05, 4.69) is 12.1 Å². The highest BCUT2D eigenvalue weighted by atomic mass is 16.6. The maximum Gasteiger partial charge on any atom is 0.410 e. The SMILES string of the molecule is CCN(C(=O)OCC1c2ccccc2-c2ccccc21)C(C(=O)O)C(C)COC. The van der Waals surface area contributed by atoms with E-state index in [0.717, 1.165) is 22.3 Å². The highest BCUT2D eigenvalue weighted by Crippen LogP contribution is 2.44. The molecule has 0 spiro atoms. The minimum absolute atomic E-state index is 0.0651. The van der Waals surface area contributed by atoms with Crippen molar-refractivity contribution in [3.8, 4) is 11.1 Å². The van der Waals surface area contributed by atoms with Gasteiger partial charge in [-0.15, -0.1) is 0 Å². The van der Waals surface area contributed by atoms with Gasteiger partial charge in [-0.05, 0) is 29.2 Å². The number of fused-ring (bicyclic) bond motifs is 3. The van der Waals surface area contributed by atoms with Crippen LogP contribution in [0.5, 0.6) is 0 Å². The van der Waals surface area contributed by atoms with E-state index in [-0.39, 0.29) is 31.6 Å². The minimum atomic E-state index is -1.06. The van der Waals surface area contributed by atoms with E-state index < -0.39 is 18.1 Å². The molecule has 0 fully saturated rings. The Hall–Kier alpha value is -2.86. The summed E-state index contributed by atoms with van der Waals surface area (Å²) < 4.78 is 10.7. The van der Waals surface area contributed by atoms with Gasteiger partial charge in [-0.3, -0.25) is 4.90 Å². The van der Waals surface area contributed by atoms with Gasteiger partial charge in [0.1, 0.15) is 12.6 Å². The first-order valence-electron chi connectivity index (χ1n) is 9.82. The number of rotatable bonds is 8. The lowest BCUT2D eigenvalue weighted by atomic mass is 9.98. The number of methoxy groups -OCH3 is 1. The van der Waals surface area contributed by atoms with Gasteiger partial charge < -0.3 is 14.6 Å². The molecule has 1 aliphatic rings. The second-order valence-electron chi connectivity index (χ2n) is 7.31. The standard InChI is InChI=1S/C23H27NO5/c1-4-24(21(22(25)26)15(2)13-28-3)23(27)29-14-20-18-11-7-5-9-16(18)17-10-6-8-12-19(17)20/h5-12,15,20-21H,4,13-14H2,1-3H3,(H,25,26). The summed E-state index contributed by atoms with van der Waals surface area (Å²) in [6.45, 7) is 4.14. The quantitative estimate of drug-likeness (QED) is 0.729. The normalized spacial score (nSPS) is 14.6. The monoisotopic (exact) mass is 397 g/mol. The van der Waals surface area contributed by atoms with Gasteiger partial charge in [0, 0.05) is 25.5 Å². The van der Waals surface area contributed by atoms with Crippen molar-refractivity contribution in [2.24, 2.45) is 5.92 Å². The summed E-state index contributed by atoms with van der Waals surface area (Å²) in [5.74, 6) is -1.49. The summed E-state index contributed by atoms with van der Waals surface area (Å²) in [4.78, 5) is 25.9. The maximum absolute atomic E-state index is 12.8. The van der Waals surface area contributed by atoms with Gasteiger partial charge in [0.15, 0.2) is 0 Å². The van der Waals surface area contributed by atoms with Gasteiger partial charge >= 0.3 is 12.1 Å². The number of carbonyl (C=O) groups excluding carboxylic acids is 1. The number of hydrogen-bond acceptors (Lipinski definition) is 4. The molecular weight excluding hydrogens is 370 g/mol. The maximum atomic E-state index is 12.8.